The van der Waals surface area contributed by atoms with Gasteiger partial charge in [-0.15, -0.1) is 11.8 Å². The molecule has 1 aromatic rings. The summed E-state index contributed by atoms with van der Waals surface area (Å²) >= 11 is 1.98. The van der Waals surface area contributed by atoms with Crippen LogP contribution in [0.1, 0.15) is 25.7 Å². The van der Waals surface area contributed by atoms with Gasteiger partial charge in [-0.1, -0.05) is 24.6 Å². The van der Waals surface area contributed by atoms with Gasteiger partial charge in [0.2, 0.25) is 0 Å². The summed E-state index contributed by atoms with van der Waals surface area (Å²) in [7, 11) is 2.05. The monoisotopic (exact) mass is 278 g/mol. The molecule has 106 valence electrons. The second-order valence-electron chi connectivity index (χ2n) is 5.24. The van der Waals surface area contributed by atoms with Crippen molar-refractivity contribution in [1.82, 2.24) is 10.2 Å². The first kappa shape index (κ1) is 14.9. The van der Waals surface area contributed by atoms with Gasteiger partial charge in [0.05, 0.1) is 0 Å². The quantitative estimate of drug-likeness (QED) is 0.771. The van der Waals surface area contributed by atoms with Crippen molar-refractivity contribution in [1.29, 1.82) is 0 Å². The number of thioether (sulfide) groups is 1. The number of nitrogens with one attached hydrogen (secondary N) is 1. The summed E-state index contributed by atoms with van der Waals surface area (Å²) in [4.78, 5) is 4.10. The first-order valence-corrected chi connectivity index (χ1v) is 8.45. The van der Waals surface area contributed by atoms with Crippen molar-refractivity contribution in [3.05, 3.63) is 30.3 Å². The van der Waals surface area contributed by atoms with E-state index < -0.39 is 0 Å². The fraction of sp³-hybridized carbons (Fsp3) is 0.625. The van der Waals surface area contributed by atoms with Gasteiger partial charge >= 0.3 is 0 Å². The van der Waals surface area contributed by atoms with Crippen LogP contribution >= 0.6 is 11.8 Å². The molecule has 0 amide bonds. The van der Waals surface area contributed by atoms with Gasteiger partial charge in [-0.2, -0.15) is 0 Å². The van der Waals surface area contributed by atoms with Crippen LogP contribution < -0.4 is 5.32 Å². The number of benzene rings is 1. The minimum atomic E-state index is 0.803. The van der Waals surface area contributed by atoms with E-state index >= 15 is 0 Å². The van der Waals surface area contributed by atoms with Gasteiger partial charge in [0.25, 0.3) is 0 Å². The van der Waals surface area contributed by atoms with E-state index in [-0.39, 0.29) is 0 Å². The molecule has 1 unspecified atom stereocenters. The molecule has 1 aliphatic rings. The minimum absolute atomic E-state index is 0.803. The maximum atomic E-state index is 3.29. The molecule has 2 nitrogen and oxygen atoms in total. The Bertz CT molecular complexity index is 342. The largest absolute Gasteiger partial charge is 0.320 e. The summed E-state index contributed by atoms with van der Waals surface area (Å²) in [6.07, 6.45) is 5.48. The number of piperidine rings is 1. The predicted molar refractivity (Wildman–Crippen MR) is 84.9 cm³/mol. The predicted octanol–water partition coefficient (Wildman–Crippen LogP) is 3.24. The van der Waals surface area contributed by atoms with Crippen LogP contribution in [-0.2, 0) is 0 Å². The Morgan fingerprint density at radius 3 is 2.89 bits per heavy atom. The van der Waals surface area contributed by atoms with Gasteiger partial charge < -0.3 is 5.32 Å². The maximum absolute atomic E-state index is 3.29. The Morgan fingerprint density at radius 1 is 1.26 bits per heavy atom. The van der Waals surface area contributed by atoms with Crippen molar-refractivity contribution in [3.63, 3.8) is 0 Å². The second kappa shape index (κ2) is 8.62. The SMILES string of the molecule is CNCCC1CCCCN1CCSc1ccccc1. The Hall–Kier alpha value is -0.510. The number of hydrogen-bond donors (Lipinski definition) is 1. The van der Waals surface area contributed by atoms with Gasteiger partial charge in [-0.3, -0.25) is 4.90 Å². The van der Waals surface area contributed by atoms with Gasteiger partial charge in [0.15, 0.2) is 0 Å². The molecule has 1 atom stereocenters. The lowest BCUT2D eigenvalue weighted by molar-refractivity contribution is 0.149. The average molecular weight is 278 g/mol. The molecule has 0 spiro atoms. The van der Waals surface area contributed by atoms with E-state index in [2.05, 4.69) is 47.6 Å². The Kier molecular flexibility index (Phi) is 6.75. The zero-order valence-corrected chi connectivity index (χ0v) is 12.8. The molecule has 0 bridgehead atoms. The molecule has 1 N–H and O–H groups in total. The van der Waals surface area contributed by atoms with Crippen LogP contribution in [0.3, 0.4) is 0 Å². The lowest BCUT2D eigenvalue weighted by Crippen LogP contribution is -2.42. The Morgan fingerprint density at radius 2 is 2.11 bits per heavy atom. The highest BCUT2D eigenvalue weighted by molar-refractivity contribution is 7.99. The van der Waals surface area contributed by atoms with E-state index in [0.29, 0.717) is 0 Å². The van der Waals surface area contributed by atoms with E-state index in [1.54, 1.807) is 0 Å². The van der Waals surface area contributed by atoms with Crippen molar-refractivity contribution in [2.24, 2.45) is 0 Å². The van der Waals surface area contributed by atoms with E-state index in [4.69, 9.17) is 0 Å². The molecule has 2 rings (SSSR count). The molecule has 19 heavy (non-hydrogen) atoms. The number of likely N-dealkylation sites (tertiary alicyclic amines) is 1. The normalized spacial score (nSPS) is 20.6. The van der Waals surface area contributed by atoms with Crippen molar-refractivity contribution in [2.45, 2.75) is 36.6 Å². The third-order valence-electron chi connectivity index (χ3n) is 3.87. The van der Waals surface area contributed by atoms with Crippen LogP contribution in [0.15, 0.2) is 35.2 Å². The summed E-state index contributed by atoms with van der Waals surface area (Å²) < 4.78 is 0. The van der Waals surface area contributed by atoms with Gasteiger partial charge in [-0.05, 0) is 51.5 Å². The lowest BCUT2D eigenvalue weighted by Gasteiger charge is -2.35. The summed E-state index contributed by atoms with van der Waals surface area (Å²) in [5.74, 6) is 1.21. The molecule has 3 heteroatoms. The summed E-state index contributed by atoms with van der Waals surface area (Å²) in [5.41, 5.74) is 0. The zero-order valence-electron chi connectivity index (χ0n) is 12.0. The van der Waals surface area contributed by atoms with Crippen molar-refractivity contribution < 1.29 is 0 Å². The number of rotatable bonds is 7. The highest BCUT2D eigenvalue weighted by Crippen LogP contribution is 2.22. The highest BCUT2D eigenvalue weighted by Gasteiger charge is 2.21. The van der Waals surface area contributed by atoms with Crippen LogP contribution in [0.25, 0.3) is 0 Å². The fourth-order valence-corrected chi connectivity index (χ4v) is 3.70. The molecule has 1 heterocycles. The van der Waals surface area contributed by atoms with Crippen LogP contribution in [0, 0.1) is 0 Å². The molecule has 1 aromatic carbocycles. The first-order chi connectivity index (χ1) is 9.40. The molecular formula is C16H26N2S. The third kappa shape index (κ3) is 5.17. The Balaban J connectivity index is 1.73. The van der Waals surface area contributed by atoms with Gasteiger partial charge in [0.1, 0.15) is 0 Å². The maximum Gasteiger partial charge on any atom is 0.0108 e. The second-order valence-corrected chi connectivity index (χ2v) is 6.41. The molecule has 1 fully saturated rings. The summed E-state index contributed by atoms with van der Waals surface area (Å²) in [6.45, 7) is 3.67. The zero-order chi connectivity index (χ0) is 13.3. The van der Waals surface area contributed by atoms with Gasteiger partial charge in [-0.25, -0.2) is 0 Å². The minimum Gasteiger partial charge on any atom is -0.320 e. The smallest absolute Gasteiger partial charge is 0.0108 e. The lowest BCUT2D eigenvalue weighted by atomic mass is 9.99. The number of hydrogen-bond acceptors (Lipinski definition) is 3. The molecule has 1 aliphatic heterocycles. The van der Waals surface area contributed by atoms with Crippen LogP contribution in [0.5, 0.6) is 0 Å². The van der Waals surface area contributed by atoms with Crippen molar-refractivity contribution >= 4 is 11.8 Å². The van der Waals surface area contributed by atoms with E-state index in [1.807, 2.05) is 11.8 Å². The average Bonchev–Trinajstić information content (AvgIpc) is 2.47. The van der Waals surface area contributed by atoms with E-state index in [9.17, 15) is 0 Å². The topological polar surface area (TPSA) is 15.3 Å². The van der Waals surface area contributed by atoms with Gasteiger partial charge in [0, 0.05) is 23.2 Å². The van der Waals surface area contributed by atoms with Crippen LogP contribution in [0.4, 0.5) is 0 Å². The third-order valence-corrected chi connectivity index (χ3v) is 4.86. The highest BCUT2D eigenvalue weighted by atomic mass is 32.2. The molecule has 0 radical (unpaired) electrons. The first-order valence-electron chi connectivity index (χ1n) is 7.46. The molecule has 0 aromatic heterocycles. The van der Waals surface area contributed by atoms with Crippen LogP contribution in [-0.4, -0.2) is 43.4 Å². The fourth-order valence-electron chi connectivity index (χ4n) is 2.79. The summed E-state index contributed by atoms with van der Waals surface area (Å²) in [6, 6.07) is 11.6. The van der Waals surface area contributed by atoms with Crippen molar-refractivity contribution in [3.8, 4) is 0 Å². The van der Waals surface area contributed by atoms with E-state index in [1.165, 1.54) is 49.4 Å². The standard InChI is InChI=1S/C16H26N2S/c1-17-11-10-15-7-5-6-12-18(15)13-14-19-16-8-3-2-4-9-16/h2-4,8-9,15,17H,5-7,10-14H2,1H3. The van der Waals surface area contributed by atoms with Crippen molar-refractivity contribution in [2.75, 3.05) is 32.4 Å². The molecule has 0 saturated carbocycles. The van der Waals surface area contributed by atoms with E-state index in [0.717, 1.165) is 12.6 Å². The Labute approximate surface area is 122 Å². The van der Waals surface area contributed by atoms with Crippen LogP contribution in [0.2, 0.25) is 0 Å². The summed E-state index contributed by atoms with van der Waals surface area (Å²) in [5, 5.41) is 3.29. The molecule has 1 saturated heterocycles. The molecular weight excluding hydrogens is 252 g/mol. The molecule has 0 aliphatic carbocycles. The number of nitrogens with zero attached hydrogens (tertiary/aromatic N) is 1.